The van der Waals surface area contributed by atoms with Crippen molar-refractivity contribution in [3.63, 3.8) is 0 Å². The second-order valence-corrected chi connectivity index (χ2v) is 7.08. The molecule has 0 atom stereocenters. The van der Waals surface area contributed by atoms with Gasteiger partial charge in [-0.25, -0.2) is 0 Å². The van der Waals surface area contributed by atoms with Crippen LogP contribution in [0.5, 0.6) is 0 Å². The van der Waals surface area contributed by atoms with Crippen LogP contribution in [0.4, 0.5) is 11.4 Å². The van der Waals surface area contributed by atoms with Crippen LogP contribution < -0.4 is 10.2 Å². The van der Waals surface area contributed by atoms with Crippen molar-refractivity contribution in [2.24, 2.45) is 0 Å². The molecule has 1 heterocycles. The van der Waals surface area contributed by atoms with E-state index >= 15 is 0 Å². The minimum absolute atomic E-state index is 0.0901. The summed E-state index contributed by atoms with van der Waals surface area (Å²) >= 11 is 0. The van der Waals surface area contributed by atoms with E-state index in [1.807, 2.05) is 51.1 Å². The lowest BCUT2D eigenvalue weighted by Gasteiger charge is -2.28. The fraction of sp³-hybridized carbons (Fsp3) is 0.304. The van der Waals surface area contributed by atoms with Crippen LogP contribution in [0.3, 0.4) is 0 Å². The number of hydrogen-bond donors (Lipinski definition) is 1. The Labute approximate surface area is 166 Å². The zero-order chi connectivity index (χ0) is 20.1. The molecule has 1 fully saturated rings. The molecule has 2 aromatic carbocycles. The number of hydrogen-bond acceptors (Lipinski definition) is 4. The second kappa shape index (κ2) is 8.73. The Balaban J connectivity index is 1.75. The molecular weight excluding hydrogens is 350 g/mol. The Morgan fingerprint density at radius 3 is 2.29 bits per heavy atom. The molecule has 1 N–H and O–H groups in total. The predicted octanol–water partition coefficient (Wildman–Crippen LogP) is 3.99. The maximum Gasteiger partial charge on any atom is 0.266 e. The molecule has 0 unspecified atom stereocenters. The van der Waals surface area contributed by atoms with Crippen molar-refractivity contribution < 1.29 is 9.53 Å². The van der Waals surface area contributed by atoms with Crippen molar-refractivity contribution in [1.29, 1.82) is 5.26 Å². The van der Waals surface area contributed by atoms with Crippen LogP contribution in [0.2, 0.25) is 0 Å². The van der Waals surface area contributed by atoms with E-state index in [-0.39, 0.29) is 5.57 Å². The molecule has 0 aromatic heterocycles. The lowest BCUT2D eigenvalue weighted by molar-refractivity contribution is -0.112. The smallest absolute Gasteiger partial charge is 0.266 e. The van der Waals surface area contributed by atoms with Crippen LogP contribution in [0.25, 0.3) is 6.08 Å². The number of rotatable bonds is 4. The molecule has 1 amide bonds. The number of carbonyl (C=O) groups excluding carboxylic acids is 1. The van der Waals surface area contributed by atoms with Gasteiger partial charge in [-0.05, 0) is 67.8 Å². The quantitative estimate of drug-likeness (QED) is 0.648. The molecule has 0 spiro atoms. The lowest BCUT2D eigenvalue weighted by atomic mass is 9.98. The maximum atomic E-state index is 12.6. The van der Waals surface area contributed by atoms with Crippen LogP contribution >= 0.6 is 0 Å². The normalized spacial score (nSPS) is 14.5. The molecule has 0 aliphatic carbocycles. The molecule has 1 aliphatic heterocycles. The standard InChI is InChI=1S/C23H25N3O2/c1-16-12-17(2)22(18(3)13-16)14-19(15-24)23(27)25-20-4-6-21(7-5-20)26-8-10-28-11-9-26/h4-7,12-14H,8-11H2,1-3H3,(H,25,27)/b19-14+. The first-order valence-electron chi connectivity index (χ1n) is 9.41. The fourth-order valence-corrected chi connectivity index (χ4v) is 3.49. The minimum atomic E-state index is -0.402. The third kappa shape index (κ3) is 4.59. The van der Waals surface area contributed by atoms with Crippen LogP contribution in [0, 0.1) is 32.1 Å². The number of benzene rings is 2. The molecule has 28 heavy (non-hydrogen) atoms. The van der Waals surface area contributed by atoms with Crippen molar-refractivity contribution in [1.82, 2.24) is 0 Å². The predicted molar refractivity (Wildman–Crippen MR) is 112 cm³/mol. The van der Waals surface area contributed by atoms with Crippen molar-refractivity contribution >= 4 is 23.4 Å². The van der Waals surface area contributed by atoms with Gasteiger partial charge in [-0.2, -0.15) is 5.26 Å². The first-order chi connectivity index (χ1) is 13.5. The van der Waals surface area contributed by atoms with Gasteiger partial charge in [0.2, 0.25) is 0 Å². The van der Waals surface area contributed by atoms with E-state index in [2.05, 4.69) is 22.3 Å². The van der Waals surface area contributed by atoms with Crippen molar-refractivity contribution in [3.8, 4) is 6.07 Å². The van der Waals surface area contributed by atoms with Gasteiger partial charge in [0, 0.05) is 24.5 Å². The number of anilines is 2. The molecule has 2 aromatic rings. The summed E-state index contributed by atoms with van der Waals surface area (Å²) in [7, 11) is 0. The highest BCUT2D eigenvalue weighted by Gasteiger charge is 2.13. The number of amides is 1. The van der Waals surface area contributed by atoms with E-state index < -0.39 is 5.91 Å². The monoisotopic (exact) mass is 375 g/mol. The molecule has 144 valence electrons. The average molecular weight is 375 g/mol. The molecule has 5 nitrogen and oxygen atoms in total. The summed E-state index contributed by atoms with van der Waals surface area (Å²) in [5, 5.41) is 12.3. The molecule has 1 aliphatic rings. The number of morpholine rings is 1. The molecule has 3 rings (SSSR count). The van der Waals surface area contributed by atoms with Crippen LogP contribution in [0.1, 0.15) is 22.3 Å². The van der Waals surface area contributed by atoms with Gasteiger partial charge < -0.3 is 15.0 Å². The van der Waals surface area contributed by atoms with E-state index in [0.29, 0.717) is 5.69 Å². The molecule has 0 saturated carbocycles. The Hall–Kier alpha value is -3.10. The van der Waals surface area contributed by atoms with Gasteiger partial charge in [-0.1, -0.05) is 17.7 Å². The molecular formula is C23H25N3O2. The number of nitrogens with one attached hydrogen (secondary N) is 1. The van der Waals surface area contributed by atoms with E-state index in [0.717, 1.165) is 54.2 Å². The number of nitriles is 1. The van der Waals surface area contributed by atoms with Crippen LogP contribution in [0.15, 0.2) is 42.0 Å². The Kier molecular flexibility index (Phi) is 6.13. The van der Waals surface area contributed by atoms with Gasteiger partial charge in [0.1, 0.15) is 11.6 Å². The van der Waals surface area contributed by atoms with Crippen LogP contribution in [-0.2, 0) is 9.53 Å². The Morgan fingerprint density at radius 1 is 1.11 bits per heavy atom. The first-order valence-corrected chi connectivity index (χ1v) is 9.41. The minimum Gasteiger partial charge on any atom is -0.378 e. The van der Waals surface area contributed by atoms with Gasteiger partial charge in [0.05, 0.1) is 13.2 Å². The average Bonchev–Trinajstić information content (AvgIpc) is 2.68. The number of aryl methyl sites for hydroxylation is 3. The SMILES string of the molecule is Cc1cc(C)c(/C=C(\C#N)C(=O)Nc2ccc(N3CCOCC3)cc2)c(C)c1. The van der Waals surface area contributed by atoms with E-state index in [9.17, 15) is 10.1 Å². The number of ether oxygens (including phenoxy) is 1. The maximum absolute atomic E-state index is 12.6. The van der Waals surface area contributed by atoms with E-state index in [4.69, 9.17) is 4.74 Å². The zero-order valence-electron chi connectivity index (χ0n) is 16.6. The van der Waals surface area contributed by atoms with E-state index in [1.165, 1.54) is 0 Å². The third-order valence-corrected chi connectivity index (χ3v) is 4.89. The highest BCUT2D eigenvalue weighted by molar-refractivity contribution is 6.09. The Bertz CT molecular complexity index is 910. The third-order valence-electron chi connectivity index (χ3n) is 4.89. The molecule has 0 radical (unpaired) electrons. The second-order valence-electron chi connectivity index (χ2n) is 7.08. The van der Waals surface area contributed by atoms with Gasteiger partial charge >= 0.3 is 0 Å². The lowest BCUT2D eigenvalue weighted by Crippen LogP contribution is -2.36. The van der Waals surface area contributed by atoms with E-state index in [1.54, 1.807) is 6.08 Å². The highest BCUT2D eigenvalue weighted by atomic mass is 16.5. The highest BCUT2D eigenvalue weighted by Crippen LogP contribution is 2.22. The van der Waals surface area contributed by atoms with Crippen molar-refractivity contribution in [2.75, 3.05) is 36.5 Å². The molecule has 0 bridgehead atoms. The summed E-state index contributed by atoms with van der Waals surface area (Å²) < 4.78 is 5.37. The Morgan fingerprint density at radius 2 is 1.71 bits per heavy atom. The molecule has 1 saturated heterocycles. The summed E-state index contributed by atoms with van der Waals surface area (Å²) in [5.41, 5.74) is 6.03. The van der Waals surface area contributed by atoms with Gasteiger partial charge in [-0.15, -0.1) is 0 Å². The fourth-order valence-electron chi connectivity index (χ4n) is 3.49. The van der Waals surface area contributed by atoms with Gasteiger partial charge in [-0.3, -0.25) is 4.79 Å². The number of nitrogens with zero attached hydrogens (tertiary/aromatic N) is 2. The zero-order valence-corrected chi connectivity index (χ0v) is 16.6. The summed E-state index contributed by atoms with van der Waals surface area (Å²) in [6.07, 6.45) is 1.67. The topological polar surface area (TPSA) is 65.4 Å². The summed E-state index contributed by atoms with van der Waals surface area (Å²) in [5.74, 6) is -0.402. The van der Waals surface area contributed by atoms with Crippen LogP contribution in [-0.4, -0.2) is 32.2 Å². The van der Waals surface area contributed by atoms with Crippen molar-refractivity contribution in [3.05, 3.63) is 64.2 Å². The molecule has 5 heteroatoms. The summed E-state index contributed by atoms with van der Waals surface area (Å²) in [6, 6.07) is 13.8. The van der Waals surface area contributed by atoms with Gasteiger partial charge in [0.15, 0.2) is 0 Å². The van der Waals surface area contributed by atoms with Gasteiger partial charge in [0.25, 0.3) is 5.91 Å². The largest absolute Gasteiger partial charge is 0.378 e. The van der Waals surface area contributed by atoms with Crippen molar-refractivity contribution in [2.45, 2.75) is 20.8 Å². The number of carbonyl (C=O) groups is 1. The first kappa shape index (κ1) is 19.7. The summed E-state index contributed by atoms with van der Waals surface area (Å²) in [4.78, 5) is 14.8. The summed E-state index contributed by atoms with van der Waals surface area (Å²) in [6.45, 7) is 9.20.